The van der Waals surface area contributed by atoms with Crippen LogP contribution in [0.5, 0.6) is 5.75 Å². The highest BCUT2D eigenvalue weighted by Crippen LogP contribution is 2.47. The van der Waals surface area contributed by atoms with Crippen molar-refractivity contribution in [1.29, 1.82) is 0 Å². The van der Waals surface area contributed by atoms with Crippen LogP contribution in [-0.4, -0.2) is 46.6 Å². The molecule has 0 fully saturated rings. The first kappa shape index (κ1) is 26.6. The first-order valence-corrected chi connectivity index (χ1v) is 14.5. The van der Waals surface area contributed by atoms with E-state index in [0.717, 1.165) is 68.1 Å². The minimum atomic E-state index is -0.727. The zero-order valence-electron chi connectivity index (χ0n) is 23.1. The second-order valence-electron chi connectivity index (χ2n) is 10.2. The van der Waals surface area contributed by atoms with Crippen LogP contribution in [0.4, 0.5) is 8.78 Å². The first-order chi connectivity index (χ1) is 20.5. The van der Waals surface area contributed by atoms with Crippen LogP contribution in [0, 0.1) is 11.6 Å². The summed E-state index contributed by atoms with van der Waals surface area (Å²) in [7, 11) is 3.46. The molecule has 7 rings (SSSR count). The summed E-state index contributed by atoms with van der Waals surface area (Å²) in [6.07, 6.45) is 4.47. The van der Waals surface area contributed by atoms with Gasteiger partial charge in [0.2, 0.25) is 0 Å². The van der Waals surface area contributed by atoms with Crippen molar-refractivity contribution in [2.45, 2.75) is 13.0 Å². The maximum atomic E-state index is 15.9. The van der Waals surface area contributed by atoms with Gasteiger partial charge in [-0.1, -0.05) is 6.07 Å². The number of aryl methyl sites for hydroxylation is 1. The van der Waals surface area contributed by atoms with Crippen LogP contribution >= 0.6 is 11.3 Å². The lowest BCUT2D eigenvalue weighted by Gasteiger charge is -2.20. The molecule has 4 aromatic heterocycles. The molecule has 0 saturated heterocycles. The Balaban J connectivity index is 1.53. The molecular weight excluding hydrogens is 556 g/mol. The summed E-state index contributed by atoms with van der Waals surface area (Å²) in [4.78, 5) is 10.0. The molecule has 212 valence electrons. The number of aromatic nitrogens is 4. The number of benzene rings is 2. The summed E-state index contributed by atoms with van der Waals surface area (Å²) in [6, 6.07) is 12.3. The van der Waals surface area contributed by atoms with Crippen LogP contribution in [0.2, 0.25) is 0 Å². The van der Waals surface area contributed by atoms with E-state index in [9.17, 15) is 4.39 Å². The third kappa shape index (κ3) is 4.61. The number of halogens is 2. The van der Waals surface area contributed by atoms with E-state index < -0.39 is 11.6 Å². The summed E-state index contributed by atoms with van der Waals surface area (Å²) in [5.74, 6) is -1.35. The zero-order chi connectivity index (χ0) is 28.8. The van der Waals surface area contributed by atoms with Crippen LogP contribution in [-0.2, 0) is 24.8 Å². The molecule has 42 heavy (non-hydrogen) atoms. The number of fused-ring (bicyclic) bond motifs is 3. The van der Waals surface area contributed by atoms with E-state index in [1.54, 1.807) is 13.3 Å². The Morgan fingerprint density at radius 1 is 1.00 bits per heavy atom. The molecule has 0 amide bonds. The van der Waals surface area contributed by atoms with Gasteiger partial charge in [-0.05, 0) is 35.2 Å². The third-order valence-electron chi connectivity index (χ3n) is 7.63. The Morgan fingerprint density at radius 2 is 1.90 bits per heavy atom. The summed E-state index contributed by atoms with van der Waals surface area (Å²) in [5.41, 5.74) is 6.79. The summed E-state index contributed by atoms with van der Waals surface area (Å²) < 4.78 is 44.2. The fourth-order valence-corrected chi connectivity index (χ4v) is 6.53. The number of hydrogen-bond acceptors (Lipinski definition) is 7. The van der Waals surface area contributed by atoms with Crippen LogP contribution < -0.4 is 10.1 Å². The van der Waals surface area contributed by atoms with E-state index in [-0.39, 0.29) is 24.5 Å². The van der Waals surface area contributed by atoms with Crippen molar-refractivity contribution in [2.75, 3.05) is 26.9 Å². The number of ether oxygens (including phenoxy) is 2. The van der Waals surface area contributed by atoms with Gasteiger partial charge in [0.25, 0.3) is 0 Å². The molecular formula is C32H27F2N5O2S. The molecule has 2 aromatic carbocycles. The highest BCUT2D eigenvalue weighted by molar-refractivity contribution is 7.17. The van der Waals surface area contributed by atoms with E-state index in [1.165, 1.54) is 17.4 Å². The zero-order valence-corrected chi connectivity index (χ0v) is 23.9. The molecule has 1 N–H and O–H groups in total. The van der Waals surface area contributed by atoms with Crippen LogP contribution in [0.15, 0.2) is 60.2 Å². The molecule has 10 heteroatoms. The maximum absolute atomic E-state index is 15.9. The quantitative estimate of drug-likeness (QED) is 0.216. The van der Waals surface area contributed by atoms with Crippen LogP contribution in [0.25, 0.3) is 54.6 Å². The molecule has 0 aliphatic carbocycles. The van der Waals surface area contributed by atoms with Gasteiger partial charge in [-0.15, -0.1) is 11.3 Å². The van der Waals surface area contributed by atoms with Crippen molar-refractivity contribution >= 4 is 32.3 Å². The smallest absolute Gasteiger partial charge is 0.137 e. The monoisotopic (exact) mass is 583 g/mol. The van der Waals surface area contributed by atoms with E-state index in [2.05, 4.69) is 22.5 Å². The molecule has 0 unspecified atom stereocenters. The first-order valence-electron chi connectivity index (χ1n) is 13.6. The van der Waals surface area contributed by atoms with Crippen molar-refractivity contribution < 1.29 is 18.3 Å². The van der Waals surface area contributed by atoms with Gasteiger partial charge in [-0.25, -0.2) is 13.8 Å². The van der Waals surface area contributed by atoms with E-state index in [4.69, 9.17) is 19.4 Å². The fraction of sp³-hybridized carbons (Fsp3) is 0.219. The number of rotatable bonds is 7. The van der Waals surface area contributed by atoms with Crippen molar-refractivity contribution in [3.05, 3.63) is 83.1 Å². The predicted molar refractivity (Wildman–Crippen MR) is 161 cm³/mol. The third-order valence-corrected chi connectivity index (χ3v) is 8.55. The molecule has 7 nitrogen and oxygen atoms in total. The van der Waals surface area contributed by atoms with E-state index in [1.807, 2.05) is 41.5 Å². The van der Waals surface area contributed by atoms with Gasteiger partial charge >= 0.3 is 0 Å². The van der Waals surface area contributed by atoms with Gasteiger partial charge in [0.1, 0.15) is 24.0 Å². The lowest BCUT2D eigenvalue weighted by atomic mass is 9.93. The number of thiophene rings is 1. The molecule has 1 aliphatic heterocycles. The summed E-state index contributed by atoms with van der Waals surface area (Å²) in [5, 5.41) is 11.5. The van der Waals surface area contributed by atoms with Gasteiger partial charge in [0.15, 0.2) is 0 Å². The molecule has 0 radical (unpaired) electrons. The van der Waals surface area contributed by atoms with Gasteiger partial charge < -0.3 is 14.8 Å². The Hall–Kier alpha value is -4.25. The summed E-state index contributed by atoms with van der Waals surface area (Å²) in [6.45, 7) is 1.96. The predicted octanol–water partition coefficient (Wildman–Crippen LogP) is 6.53. The topological polar surface area (TPSA) is 74.1 Å². The minimum Gasteiger partial charge on any atom is -0.490 e. The Labute approximate surface area is 244 Å². The van der Waals surface area contributed by atoms with E-state index >= 15 is 4.39 Å². The van der Waals surface area contributed by atoms with Gasteiger partial charge in [-0.3, -0.25) is 9.67 Å². The molecule has 1 aliphatic rings. The average Bonchev–Trinajstić information content (AvgIpc) is 3.63. The number of hydrogen-bond donors (Lipinski definition) is 1. The second kappa shape index (κ2) is 10.9. The normalized spacial score (nSPS) is 13.1. The number of nitrogens with one attached hydrogen (secondary N) is 1. The maximum Gasteiger partial charge on any atom is 0.137 e. The van der Waals surface area contributed by atoms with E-state index in [0.29, 0.717) is 17.8 Å². The lowest BCUT2D eigenvalue weighted by Crippen LogP contribution is -2.24. The standard InChI is InChI=1S/C32H27F2N5O2S/c1-39-26-4-3-18(11-20(26)17-37-39)31-32-23(6-10-42-32)28(29-24(34)13-22(33)14-27(29)41-9-8-40-2)30(38-31)21-12-19-15-35-7-5-25(19)36-16-21/h3-4,6,10-14,16-17,35H,5,7-9,15H2,1-2H3. The van der Waals surface area contributed by atoms with Crippen molar-refractivity contribution in [1.82, 2.24) is 25.1 Å². The Kier molecular flexibility index (Phi) is 6.89. The largest absolute Gasteiger partial charge is 0.490 e. The SMILES string of the molecule is COCCOc1cc(F)cc(F)c1-c1c(-c2cnc3c(c2)CNCC3)nc(-c2ccc3c(cnn3C)c2)c2sccc12. The van der Waals surface area contributed by atoms with Crippen molar-refractivity contribution in [2.24, 2.45) is 7.05 Å². The molecule has 0 atom stereocenters. The molecule has 6 aromatic rings. The summed E-state index contributed by atoms with van der Waals surface area (Å²) >= 11 is 1.53. The molecule has 5 heterocycles. The molecule has 0 saturated carbocycles. The van der Waals surface area contributed by atoms with Crippen molar-refractivity contribution in [3.8, 4) is 39.4 Å². The fourth-order valence-electron chi connectivity index (χ4n) is 5.62. The number of methoxy groups -OCH3 is 1. The second-order valence-corrected chi connectivity index (χ2v) is 11.2. The number of pyridine rings is 2. The number of nitrogens with zero attached hydrogens (tertiary/aromatic N) is 4. The highest BCUT2D eigenvalue weighted by atomic mass is 32.1. The Morgan fingerprint density at radius 3 is 2.79 bits per heavy atom. The van der Waals surface area contributed by atoms with Gasteiger partial charge in [0.05, 0.1) is 40.0 Å². The minimum absolute atomic E-state index is 0.0946. The average molecular weight is 584 g/mol. The molecule has 0 bridgehead atoms. The van der Waals surface area contributed by atoms with Crippen LogP contribution in [0.3, 0.4) is 0 Å². The van der Waals surface area contributed by atoms with Crippen LogP contribution in [0.1, 0.15) is 11.3 Å². The van der Waals surface area contributed by atoms with Gasteiger partial charge in [0, 0.05) is 85.2 Å². The Bertz CT molecular complexity index is 1970. The van der Waals surface area contributed by atoms with Gasteiger partial charge in [-0.2, -0.15) is 5.10 Å². The lowest BCUT2D eigenvalue weighted by molar-refractivity contribution is 0.146. The molecule has 0 spiro atoms. The van der Waals surface area contributed by atoms with Crippen molar-refractivity contribution in [3.63, 3.8) is 0 Å². The highest BCUT2D eigenvalue weighted by Gasteiger charge is 2.26.